The van der Waals surface area contributed by atoms with Crippen LogP contribution in [0.4, 0.5) is 0 Å². The Kier molecular flexibility index (Phi) is 7.20. The molecule has 2 N–H and O–H groups in total. The molecule has 1 unspecified atom stereocenters. The molecule has 118 valence electrons. The van der Waals surface area contributed by atoms with Crippen molar-refractivity contribution in [2.45, 2.75) is 52.2 Å². The molecule has 0 amide bonds. The first-order valence-corrected chi connectivity index (χ1v) is 8.56. The lowest BCUT2D eigenvalue weighted by Crippen LogP contribution is -2.41. The van der Waals surface area contributed by atoms with Crippen LogP contribution in [0.1, 0.15) is 44.2 Å². The number of nitrogens with one attached hydrogen (secondary N) is 2. The predicted octanol–water partition coefficient (Wildman–Crippen LogP) is 2.76. The van der Waals surface area contributed by atoms with E-state index < -0.39 is 0 Å². The van der Waals surface area contributed by atoms with Gasteiger partial charge in [-0.2, -0.15) is 0 Å². The van der Waals surface area contributed by atoms with Gasteiger partial charge in [0, 0.05) is 25.7 Å². The van der Waals surface area contributed by atoms with Gasteiger partial charge in [-0.1, -0.05) is 44.5 Å². The van der Waals surface area contributed by atoms with Crippen LogP contribution >= 0.6 is 0 Å². The molecule has 0 saturated carbocycles. The second kappa shape index (κ2) is 9.19. The fourth-order valence-electron chi connectivity index (χ4n) is 2.96. The molecule has 1 aliphatic heterocycles. The number of nitrogens with zero attached hydrogens (tertiary/aromatic N) is 1. The predicted molar refractivity (Wildman–Crippen MR) is 90.4 cm³/mol. The molecular weight excluding hydrogens is 258 g/mol. The van der Waals surface area contributed by atoms with E-state index >= 15 is 0 Å². The summed E-state index contributed by atoms with van der Waals surface area (Å²) < 4.78 is 0. The Hall–Kier alpha value is -0.900. The number of rotatable bonds is 8. The fraction of sp³-hybridized carbons (Fsp3) is 0.667. The minimum atomic E-state index is 0.667. The minimum Gasteiger partial charge on any atom is -0.313 e. The van der Waals surface area contributed by atoms with Crippen molar-refractivity contribution < 1.29 is 0 Å². The molecule has 1 fully saturated rings. The average Bonchev–Trinajstić information content (AvgIpc) is 2.55. The fourth-order valence-corrected chi connectivity index (χ4v) is 2.96. The summed E-state index contributed by atoms with van der Waals surface area (Å²) in [5.74, 6) is 0. The van der Waals surface area contributed by atoms with E-state index in [9.17, 15) is 0 Å². The highest BCUT2D eigenvalue weighted by molar-refractivity contribution is 5.22. The van der Waals surface area contributed by atoms with Crippen molar-refractivity contribution in [3.63, 3.8) is 0 Å². The van der Waals surface area contributed by atoms with Crippen LogP contribution in [0.2, 0.25) is 0 Å². The van der Waals surface area contributed by atoms with Gasteiger partial charge in [0.15, 0.2) is 0 Å². The molecule has 0 spiro atoms. The first-order chi connectivity index (χ1) is 10.3. The zero-order valence-corrected chi connectivity index (χ0v) is 13.7. The molecule has 1 aromatic rings. The second-order valence-electron chi connectivity index (χ2n) is 6.06. The lowest BCUT2D eigenvalue weighted by molar-refractivity contribution is 0.296. The molecule has 1 saturated heterocycles. The third kappa shape index (κ3) is 5.77. The van der Waals surface area contributed by atoms with Crippen LogP contribution in [0.25, 0.3) is 0 Å². The Balaban J connectivity index is 1.71. The van der Waals surface area contributed by atoms with Crippen molar-refractivity contribution in [3.05, 3.63) is 35.4 Å². The van der Waals surface area contributed by atoms with Crippen LogP contribution < -0.4 is 10.6 Å². The van der Waals surface area contributed by atoms with Gasteiger partial charge in [0.25, 0.3) is 0 Å². The summed E-state index contributed by atoms with van der Waals surface area (Å²) in [6.45, 7) is 11.0. The number of hydrogen-bond donors (Lipinski definition) is 2. The lowest BCUT2D eigenvalue weighted by Gasteiger charge is -2.23. The molecule has 3 nitrogen and oxygen atoms in total. The van der Waals surface area contributed by atoms with Gasteiger partial charge in [0.1, 0.15) is 0 Å². The molecule has 0 aromatic heterocycles. The number of piperidine rings is 1. The summed E-state index contributed by atoms with van der Waals surface area (Å²) >= 11 is 0. The van der Waals surface area contributed by atoms with Gasteiger partial charge in [-0.25, -0.2) is 0 Å². The van der Waals surface area contributed by atoms with Gasteiger partial charge in [0.2, 0.25) is 0 Å². The van der Waals surface area contributed by atoms with E-state index in [1.807, 2.05) is 0 Å². The summed E-state index contributed by atoms with van der Waals surface area (Å²) in [7, 11) is 0. The monoisotopic (exact) mass is 289 g/mol. The van der Waals surface area contributed by atoms with E-state index in [2.05, 4.69) is 53.6 Å². The van der Waals surface area contributed by atoms with Crippen molar-refractivity contribution in [1.82, 2.24) is 15.5 Å². The van der Waals surface area contributed by atoms with Gasteiger partial charge in [-0.05, 0) is 43.6 Å². The van der Waals surface area contributed by atoms with Gasteiger partial charge in [-0.15, -0.1) is 0 Å². The lowest BCUT2D eigenvalue weighted by atomic mass is 10.0. The Labute approximate surface area is 130 Å². The quantitative estimate of drug-likeness (QED) is 0.770. The molecule has 0 radical (unpaired) electrons. The van der Waals surface area contributed by atoms with E-state index in [1.165, 1.54) is 36.9 Å². The summed E-state index contributed by atoms with van der Waals surface area (Å²) in [5, 5.41) is 7.16. The van der Waals surface area contributed by atoms with E-state index in [4.69, 9.17) is 0 Å². The third-order valence-electron chi connectivity index (χ3n) is 4.46. The number of hydrogen-bond acceptors (Lipinski definition) is 3. The molecule has 1 aliphatic rings. The van der Waals surface area contributed by atoms with Gasteiger partial charge < -0.3 is 10.6 Å². The maximum absolute atomic E-state index is 3.58. The standard InChI is InChI=1S/C18H31N3/c1-3-21(4-2)15-17-10-8-16(9-11-17)13-19-14-18-7-5-6-12-20-18/h8-11,18-20H,3-7,12-15H2,1-2H3. The molecule has 1 aromatic carbocycles. The first-order valence-electron chi connectivity index (χ1n) is 8.56. The highest BCUT2D eigenvalue weighted by Crippen LogP contribution is 2.09. The zero-order valence-electron chi connectivity index (χ0n) is 13.7. The molecule has 0 aliphatic carbocycles. The van der Waals surface area contributed by atoms with Crippen LogP contribution in [-0.4, -0.2) is 37.1 Å². The molecule has 1 atom stereocenters. The highest BCUT2D eigenvalue weighted by Gasteiger charge is 2.11. The molecule has 3 heteroatoms. The van der Waals surface area contributed by atoms with Crippen molar-refractivity contribution >= 4 is 0 Å². The summed E-state index contributed by atoms with van der Waals surface area (Å²) in [5.41, 5.74) is 2.80. The third-order valence-corrected chi connectivity index (χ3v) is 4.46. The maximum Gasteiger partial charge on any atom is 0.0233 e. The second-order valence-corrected chi connectivity index (χ2v) is 6.06. The molecular formula is C18H31N3. The molecule has 2 rings (SSSR count). The largest absolute Gasteiger partial charge is 0.313 e. The van der Waals surface area contributed by atoms with Crippen molar-refractivity contribution in [1.29, 1.82) is 0 Å². The topological polar surface area (TPSA) is 27.3 Å². The summed E-state index contributed by atoms with van der Waals surface area (Å²) in [4.78, 5) is 2.45. The van der Waals surface area contributed by atoms with Crippen LogP contribution in [-0.2, 0) is 13.1 Å². The molecule has 0 bridgehead atoms. The Morgan fingerprint density at radius 2 is 1.81 bits per heavy atom. The van der Waals surface area contributed by atoms with Crippen LogP contribution in [0, 0.1) is 0 Å². The minimum absolute atomic E-state index is 0.667. The van der Waals surface area contributed by atoms with Crippen LogP contribution in [0.15, 0.2) is 24.3 Å². The SMILES string of the molecule is CCN(CC)Cc1ccc(CNCC2CCCCN2)cc1. The van der Waals surface area contributed by atoms with E-state index in [0.29, 0.717) is 6.04 Å². The number of benzene rings is 1. The Morgan fingerprint density at radius 1 is 1.10 bits per heavy atom. The van der Waals surface area contributed by atoms with Gasteiger partial charge in [0.05, 0.1) is 0 Å². The molecule has 1 heterocycles. The Bertz CT molecular complexity index is 378. The first kappa shape index (κ1) is 16.5. The smallest absolute Gasteiger partial charge is 0.0233 e. The zero-order chi connectivity index (χ0) is 14.9. The van der Waals surface area contributed by atoms with Gasteiger partial charge >= 0.3 is 0 Å². The maximum atomic E-state index is 3.58. The van der Waals surface area contributed by atoms with Crippen LogP contribution in [0.5, 0.6) is 0 Å². The van der Waals surface area contributed by atoms with Crippen LogP contribution in [0.3, 0.4) is 0 Å². The van der Waals surface area contributed by atoms with E-state index in [1.54, 1.807) is 0 Å². The van der Waals surface area contributed by atoms with Crippen molar-refractivity contribution in [2.75, 3.05) is 26.2 Å². The molecule has 21 heavy (non-hydrogen) atoms. The average molecular weight is 289 g/mol. The summed E-state index contributed by atoms with van der Waals surface area (Å²) in [6, 6.07) is 9.74. The highest BCUT2D eigenvalue weighted by atomic mass is 15.1. The van der Waals surface area contributed by atoms with E-state index in [-0.39, 0.29) is 0 Å². The van der Waals surface area contributed by atoms with Crippen molar-refractivity contribution in [2.24, 2.45) is 0 Å². The summed E-state index contributed by atoms with van der Waals surface area (Å²) in [6.07, 6.45) is 4.03. The van der Waals surface area contributed by atoms with E-state index in [0.717, 1.165) is 32.7 Å². The normalized spacial score (nSPS) is 19.1. The van der Waals surface area contributed by atoms with Crippen molar-refractivity contribution in [3.8, 4) is 0 Å². The van der Waals surface area contributed by atoms with Gasteiger partial charge in [-0.3, -0.25) is 4.90 Å². The Morgan fingerprint density at radius 3 is 2.43 bits per heavy atom.